The zero-order valence-electron chi connectivity index (χ0n) is 11.2. The van der Waals surface area contributed by atoms with Gasteiger partial charge in [0.05, 0.1) is 0 Å². The van der Waals surface area contributed by atoms with Crippen LogP contribution in [0.3, 0.4) is 0 Å². The van der Waals surface area contributed by atoms with Gasteiger partial charge in [-0.2, -0.15) is 13.1 Å². The standard InChI is InChI=1S/C13H24N2O2S/c1-8(2)12-10-3-9-4-11(12)7-13(5-9,6-10)15-18(14,16)17/h8-12,15H,3-7H2,1-2H3,(H2,14,16,17)/t9?,10?,11?,12-,13-. The Morgan fingerprint density at radius 2 is 1.72 bits per heavy atom. The van der Waals surface area contributed by atoms with Crippen molar-refractivity contribution in [3.05, 3.63) is 0 Å². The number of hydrogen-bond acceptors (Lipinski definition) is 2. The Morgan fingerprint density at radius 3 is 2.17 bits per heavy atom. The van der Waals surface area contributed by atoms with Gasteiger partial charge in [-0.15, -0.1) is 0 Å². The van der Waals surface area contributed by atoms with Crippen LogP contribution in [0.4, 0.5) is 0 Å². The van der Waals surface area contributed by atoms with Gasteiger partial charge >= 0.3 is 0 Å². The van der Waals surface area contributed by atoms with Gasteiger partial charge in [-0.05, 0) is 61.7 Å². The Balaban J connectivity index is 1.87. The highest BCUT2D eigenvalue weighted by Crippen LogP contribution is 2.59. The maximum atomic E-state index is 11.4. The van der Waals surface area contributed by atoms with E-state index in [1.807, 2.05) is 0 Å². The minimum absolute atomic E-state index is 0.213. The van der Waals surface area contributed by atoms with Crippen molar-refractivity contribution in [2.45, 2.75) is 51.5 Å². The van der Waals surface area contributed by atoms with Crippen LogP contribution in [0.2, 0.25) is 0 Å². The second kappa shape index (κ2) is 3.93. The molecule has 104 valence electrons. The second-order valence-corrected chi connectivity index (χ2v) is 8.51. The van der Waals surface area contributed by atoms with E-state index >= 15 is 0 Å². The molecular formula is C13H24N2O2S. The summed E-state index contributed by atoms with van der Waals surface area (Å²) >= 11 is 0. The number of hydrogen-bond donors (Lipinski definition) is 2. The molecule has 0 aromatic heterocycles. The molecule has 4 fully saturated rings. The van der Waals surface area contributed by atoms with Crippen LogP contribution < -0.4 is 9.86 Å². The molecular weight excluding hydrogens is 248 g/mol. The lowest BCUT2D eigenvalue weighted by Gasteiger charge is -2.61. The molecule has 0 aromatic rings. The van der Waals surface area contributed by atoms with Crippen LogP contribution in [0.5, 0.6) is 0 Å². The molecule has 0 aromatic carbocycles. The van der Waals surface area contributed by atoms with Gasteiger partial charge in [0.25, 0.3) is 10.2 Å². The molecule has 0 amide bonds. The molecule has 4 nitrogen and oxygen atoms in total. The second-order valence-electron chi connectivity index (χ2n) is 7.22. The lowest BCUT2D eigenvalue weighted by atomic mass is 9.47. The molecule has 0 heterocycles. The van der Waals surface area contributed by atoms with Crippen LogP contribution in [-0.2, 0) is 10.2 Å². The predicted octanol–water partition coefficient (Wildman–Crippen LogP) is 1.63. The Morgan fingerprint density at radius 1 is 1.17 bits per heavy atom. The average Bonchev–Trinajstić information content (AvgIpc) is 2.09. The Bertz CT molecular complexity index is 430. The SMILES string of the molecule is CC(C)[C@H]1C2CC3CC1C[C@](NS(N)(=O)=O)(C3)C2. The van der Waals surface area contributed by atoms with Gasteiger partial charge < -0.3 is 0 Å². The average molecular weight is 272 g/mol. The van der Waals surface area contributed by atoms with Gasteiger partial charge in [-0.1, -0.05) is 13.8 Å². The highest BCUT2D eigenvalue weighted by atomic mass is 32.2. The monoisotopic (exact) mass is 272 g/mol. The van der Waals surface area contributed by atoms with Crippen molar-refractivity contribution >= 4 is 10.2 Å². The number of rotatable bonds is 3. The third-order valence-electron chi connectivity index (χ3n) is 5.47. The topological polar surface area (TPSA) is 72.2 Å². The number of nitrogens with one attached hydrogen (secondary N) is 1. The molecule has 0 aliphatic heterocycles. The molecule has 4 aliphatic carbocycles. The molecule has 0 saturated heterocycles. The molecule has 18 heavy (non-hydrogen) atoms. The van der Waals surface area contributed by atoms with Crippen LogP contribution in [0.25, 0.3) is 0 Å². The first kappa shape index (κ1) is 12.9. The van der Waals surface area contributed by atoms with Crippen molar-refractivity contribution in [3.8, 4) is 0 Å². The Hall–Kier alpha value is -0.130. The zero-order chi connectivity index (χ0) is 13.1. The first-order chi connectivity index (χ1) is 8.28. The predicted molar refractivity (Wildman–Crippen MR) is 70.9 cm³/mol. The van der Waals surface area contributed by atoms with E-state index in [1.165, 1.54) is 12.8 Å². The van der Waals surface area contributed by atoms with Crippen molar-refractivity contribution < 1.29 is 8.42 Å². The van der Waals surface area contributed by atoms with Crippen molar-refractivity contribution in [1.82, 2.24) is 4.72 Å². The van der Waals surface area contributed by atoms with Gasteiger partial charge in [-0.3, -0.25) is 0 Å². The Kier molecular flexibility index (Phi) is 2.81. The molecule has 3 N–H and O–H groups in total. The Labute approximate surface area is 110 Å². The van der Waals surface area contributed by atoms with Crippen molar-refractivity contribution in [2.75, 3.05) is 0 Å². The molecule has 2 unspecified atom stereocenters. The smallest absolute Gasteiger partial charge is 0.216 e. The quantitative estimate of drug-likeness (QED) is 0.819. The zero-order valence-corrected chi connectivity index (χ0v) is 12.0. The fraction of sp³-hybridized carbons (Fsp3) is 1.00. The summed E-state index contributed by atoms with van der Waals surface area (Å²) in [4.78, 5) is 0. The molecule has 4 bridgehead atoms. The molecule has 0 radical (unpaired) electrons. The molecule has 4 rings (SSSR count). The van der Waals surface area contributed by atoms with E-state index in [0.29, 0.717) is 23.7 Å². The third-order valence-corrected chi connectivity index (χ3v) is 6.19. The summed E-state index contributed by atoms with van der Waals surface area (Å²) in [5, 5.41) is 5.21. The third kappa shape index (κ3) is 2.10. The van der Waals surface area contributed by atoms with E-state index < -0.39 is 10.2 Å². The summed E-state index contributed by atoms with van der Waals surface area (Å²) in [7, 11) is -3.57. The van der Waals surface area contributed by atoms with E-state index in [4.69, 9.17) is 5.14 Å². The fourth-order valence-corrected chi connectivity index (χ4v) is 6.43. The van der Waals surface area contributed by atoms with Gasteiger partial charge in [0.1, 0.15) is 0 Å². The van der Waals surface area contributed by atoms with E-state index in [2.05, 4.69) is 18.6 Å². The van der Waals surface area contributed by atoms with Gasteiger partial charge in [0, 0.05) is 5.54 Å². The maximum Gasteiger partial charge on any atom is 0.274 e. The summed E-state index contributed by atoms with van der Waals surface area (Å²) in [5.41, 5.74) is -0.213. The van der Waals surface area contributed by atoms with Crippen LogP contribution >= 0.6 is 0 Å². The largest absolute Gasteiger partial charge is 0.274 e. The van der Waals surface area contributed by atoms with E-state index in [0.717, 1.165) is 25.2 Å². The highest BCUT2D eigenvalue weighted by Gasteiger charge is 2.56. The van der Waals surface area contributed by atoms with Gasteiger partial charge in [0.2, 0.25) is 0 Å². The summed E-state index contributed by atoms with van der Waals surface area (Å²) in [6.45, 7) is 4.62. The van der Waals surface area contributed by atoms with Crippen LogP contribution in [0.15, 0.2) is 0 Å². The molecule has 4 saturated carbocycles. The van der Waals surface area contributed by atoms with Crippen molar-refractivity contribution in [1.29, 1.82) is 0 Å². The molecule has 2 atom stereocenters. The minimum atomic E-state index is -3.57. The van der Waals surface area contributed by atoms with E-state index in [-0.39, 0.29) is 5.54 Å². The van der Waals surface area contributed by atoms with Crippen molar-refractivity contribution in [2.24, 2.45) is 34.7 Å². The lowest BCUT2D eigenvalue weighted by molar-refractivity contribution is -0.0742. The van der Waals surface area contributed by atoms with Crippen LogP contribution in [0, 0.1) is 29.6 Å². The summed E-state index contributed by atoms with van der Waals surface area (Å²) < 4.78 is 25.6. The summed E-state index contributed by atoms with van der Waals surface area (Å²) in [5.74, 6) is 3.62. The maximum absolute atomic E-state index is 11.4. The summed E-state index contributed by atoms with van der Waals surface area (Å²) in [6.07, 6.45) is 5.60. The van der Waals surface area contributed by atoms with Gasteiger partial charge in [-0.25, -0.2) is 5.14 Å². The normalized spacial score (nSPS) is 46.9. The van der Waals surface area contributed by atoms with E-state index in [9.17, 15) is 8.42 Å². The van der Waals surface area contributed by atoms with Crippen molar-refractivity contribution in [3.63, 3.8) is 0 Å². The van der Waals surface area contributed by atoms with Gasteiger partial charge in [0.15, 0.2) is 0 Å². The lowest BCUT2D eigenvalue weighted by Crippen LogP contribution is -2.63. The van der Waals surface area contributed by atoms with E-state index in [1.54, 1.807) is 0 Å². The fourth-order valence-electron chi connectivity index (χ4n) is 5.58. The van der Waals surface area contributed by atoms with Crippen LogP contribution in [-0.4, -0.2) is 14.0 Å². The minimum Gasteiger partial charge on any atom is -0.216 e. The summed E-state index contributed by atoms with van der Waals surface area (Å²) in [6, 6.07) is 0. The first-order valence-corrected chi connectivity index (χ1v) is 8.64. The molecule has 4 aliphatic rings. The highest BCUT2D eigenvalue weighted by molar-refractivity contribution is 7.87. The number of nitrogens with two attached hydrogens (primary N) is 1. The first-order valence-electron chi connectivity index (χ1n) is 7.10. The molecule has 0 spiro atoms. The van der Waals surface area contributed by atoms with Crippen LogP contribution in [0.1, 0.15) is 46.0 Å². The molecule has 5 heteroatoms.